The first kappa shape index (κ1) is 13.3. The Balaban J connectivity index is 1.78. The lowest BCUT2D eigenvalue weighted by atomic mass is 9.81. The summed E-state index contributed by atoms with van der Waals surface area (Å²) in [5.41, 5.74) is 2.85. The van der Waals surface area contributed by atoms with Gasteiger partial charge in [0, 0.05) is 17.7 Å². The fourth-order valence-corrected chi connectivity index (χ4v) is 3.85. The minimum Gasteiger partial charge on any atom is -0.388 e. The molecule has 21 heavy (non-hydrogen) atoms. The Bertz CT molecular complexity index is 647. The first-order chi connectivity index (χ1) is 10.3. The molecule has 0 amide bonds. The van der Waals surface area contributed by atoms with E-state index < -0.39 is 12.3 Å². The van der Waals surface area contributed by atoms with Crippen LogP contribution in [-0.2, 0) is 0 Å². The number of aliphatic hydroxyl groups is 1. The summed E-state index contributed by atoms with van der Waals surface area (Å²) in [4.78, 5) is 4.19. The van der Waals surface area contributed by atoms with E-state index in [9.17, 15) is 9.50 Å². The molecule has 0 aliphatic heterocycles. The highest BCUT2D eigenvalue weighted by atomic mass is 19.1. The number of aromatic nitrogens is 2. The van der Waals surface area contributed by atoms with E-state index in [1.807, 2.05) is 16.7 Å². The molecule has 4 heteroatoms. The second-order valence-electron chi connectivity index (χ2n) is 6.57. The van der Waals surface area contributed by atoms with E-state index in [0.29, 0.717) is 12.3 Å². The van der Waals surface area contributed by atoms with E-state index in [2.05, 4.69) is 4.98 Å². The molecule has 0 saturated heterocycles. The van der Waals surface area contributed by atoms with Gasteiger partial charge in [-0.2, -0.15) is 0 Å². The highest BCUT2D eigenvalue weighted by Crippen LogP contribution is 2.48. The zero-order chi connectivity index (χ0) is 14.4. The largest absolute Gasteiger partial charge is 0.388 e. The number of rotatable bonds is 3. The number of fused-ring (bicyclic) bond motifs is 1. The van der Waals surface area contributed by atoms with Crippen LogP contribution in [0.5, 0.6) is 0 Å². The summed E-state index contributed by atoms with van der Waals surface area (Å²) in [6.07, 6.45) is 10.6. The van der Waals surface area contributed by atoms with Crippen molar-refractivity contribution in [2.45, 2.75) is 56.7 Å². The maximum atomic E-state index is 13.6. The van der Waals surface area contributed by atoms with Gasteiger partial charge in [0.25, 0.3) is 0 Å². The van der Waals surface area contributed by atoms with Crippen molar-refractivity contribution in [3.63, 3.8) is 0 Å². The molecule has 3 atom stereocenters. The molecule has 1 unspecified atom stereocenters. The second kappa shape index (κ2) is 5.09. The predicted molar refractivity (Wildman–Crippen MR) is 79.0 cm³/mol. The third-order valence-electron chi connectivity index (χ3n) is 5.17. The lowest BCUT2D eigenvalue weighted by Crippen LogP contribution is -2.18. The van der Waals surface area contributed by atoms with Gasteiger partial charge in [-0.25, -0.2) is 9.37 Å². The van der Waals surface area contributed by atoms with Gasteiger partial charge >= 0.3 is 0 Å². The van der Waals surface area contributed by atoms with E-state index in [0.717, 1.165) is 29.5 Å². The Labute approximate surface area is 123 Å². The van der Waals surface area contributed by atoms with Crippen LogP contribution in [0.4, 0.5) is 4.39 Å². The van der Waals surface area contributed by atoms with Crippen molar-refractivity contribution in [2.75, 3.05) is 0 Å². The maximum Gasteiger partial charge on any atom is 0.108 e. The van der Waals surface area contributed by atoms with Crippen LogP contribution in [0.3, 0.4) is 0 Å². The third kappa shape index (κ3) is 2.26. The first-order valence-electron chi connectivity index (χ1n) is 8.02. The number of aliphatic hydroxyl groups excluding tert-OH is 1. The number of hydrogen-bond acceptors (Lipinski definition) is 2. The lowest BCUT2D eigenvalue weighted by Gasteiger charge is -2.28. The molecular formula is C17H21FN2O. The molecule has 2 aliphatic rings. The van der Waals surface area contributed by atoms with Gasteiger partial charge in [0.05, 0.1) is 24.1 Å². The van der Waals surface area contributed by atoms with Crippen molar-refractivity contribution in [3.8, 4) is 0 Å². The number of halogens is 1. The van der Waals surface area contributed by atoms with Crippen molar-refractivity contribution in [1.82, 2.24) is 9.38 Å². The maximum absolute atomic E-state index is 13.6. The fourth-order valence-electron chi connectivity index (χ4n) is 3.85. The number of nitrogens with zero attached hydrogens (tertiary/aromatic N) is 2. The Hall–Kier alpha value is -1.42. The van der Waals surface area contributed by atoms with Crippen molar-refractivity contribution in [2.24, 2.45) is 5.92 Å². The smallest absolute Gasteiger partial charge is 0.108 e. The molecule has 2 aromatic heterocycles. The van der Waals surface area contributed by atoms with Crippen LogP contribution in [0.2, 0.25) is 0 Å². The van der Waals surface area contributed by atoms with Crippen molar-refractivity contribution >= 4 is 5.52 Å². The number of hydrogen-bond donors (Lipinski definition) is 1. The minimum atomic E-state index is -0.743. The third-order valence-corrected chi connectivity index (χ3v) is 5.17. The summed E-state index contributed by atoms with van der Waals surface area (Å²) in [5.74, 6) is 0.272. The Morgan fingerprint density at radius 1 is 1.29 bits per heavy atom. The summed E-state index contributed by atoms with van der Waals surface area (Å²) in [6, 6.07) is 1.97. The van der Waals surface area contributed by atoms with Gasteiger partial charge in [-0.05, 0) is 36.8 Å². The van der Waals surface area contributed by atoms with Gasteiger partial charge in [0.15, 0.2) is 0 Å². The molecule has 3 nitrogen and oxygen atoms in total. The van der Waals surface area contributed by atoms with E-state index in [-0.39, 0.29) is 5.92 Å². The highest BCUT2D eigenvalue weighted by molar-refractivity contribution is 5.59. The Morgan fingerprint density at radius 2 is 2.05 bits per heavy atom. The van der Waals surface area contributed by atoms with Crippen LogP contribution in [0.1, 0.15) is 61.7 Å². The molecule has 2 heterocycles. The minimum absolute atomic E-state index is 0.0295. The Kier molecular flexibility index (Phi) is 3.21. The Morgan fingerprint density at radius 3 is 2.76 bits per heavy atom. The van der Waals surface area contributed by atoms with Crippen molar-refractivity contribution < 1.29 is 9.50 Å². The SMILES string of the molecule is OC(c1c([C@H]2C[C@@H]2F)ccn2cncc12)C1CCCCC1. The number of imidazole rings is 1. The van der Waals surface area contributed by atoms with Gasteiger partial charge in [0.2, 0.25) is 0 Å². The number of alkyl halides is 1. The van der Waals surface area contributed by atoms with Gasteiger partial charge in [-0.15, -0.1) is 0 Å². The molecule has 2 fully saturated rings. The quantitative estimate of drug-likeness (QED) is 0.933. The van der Waals surface area contributed by atoms with Gasteiger partial charge < -0.3 is 9.51 Å². The molecule has 1 N–H and O–H groups in total. The molecular weight excluding hydrogens is 267 g/mol. The standard InChI is InChI=1S/C17H21FN2O/c18-14-8-13(14)12-6-7-20-10-19-9-15(20)16(12)17(21)11-4-2-1-3-5-11/h6-7,9-11,13-14,17,21H,1-5,8H2/t13-,14+,17?/m1/s1. The highest BCUT2D eigenvalue weighted by Gasteiger charge is 2.42. The van der Waals surface area contributed by atoms with Crippen LogP contribution >= 0.6 is 0 Å². The zero-order valence-corrected chi connectivity index (χ0v) is 12.1. The monoisotopic (exact) mass is 288 g/mol. The summed E-state index contributed by atoms with van der Waals surface area (Å²) in [7, 11) is 0. The van der Waals surface area contributed by atoms with E-state index in [4.69, 9.17) is 0 Å². The van der Waals surface area contributed by atoms with Crippen molar-refractivity contribution in [3.05, 3.63) is 35.9 Å². The lowest BCUT2D eigenvalue weighted by molar-refractivity contribution is 0.0849. The van der Waals surface area contributed by atoms with Crippen LogP contribution in [0.25, 0.3) is 5.52 Å². The first-order valence-corrected chi connectivity index (χ1v) is 8.02. The van der Waals surface area contributed by atoms with Gasteiger partial charge in [0.1, 0.15) is 6.17 Å². The molecule has 0 aromatic carbocycles. The molecule has 2 aromatic rings. The summed E-state index contributed by atoms with van der Waals surface area (Å²) >= 11 is 0. The van der Waals surface area contributed by atoms with Crippen LogP contribution in [-0.4, -0.2) is 20.7 Å². The summed E-state index contributed by atoms with van der Waals surface area (Å²) in [6.45, 7) is 0. The van der Waals surface area contributed by atoms with Crippen LogP contribution in [0, 0.1) is 5.92 Å². The number of pyridine rings is 1. The molecule has 2 saturated carbocycles. The second-order valence-corrected chi connectivity index (χ2v) is 6.57. The molecule has 0 spiro atoms. The average molecular weight is 288 g/mol. The molecule has 0 bridgehead atoms. The molecule has 112 valence electrons. The average Bonchev–Trinajstić information content (AvgIpc) is 3.06. The van der Waals surface area contributed by atoms with E-state index in [1.54, 1.807) is 12.5 Å². The van der Waals surface area contributed by atoms with Crippen LogP contribution < -0.4 is 0 Å². The molecule has 4 rings (SSSR count). The predicted octanol–water partition coefficient (Wildman–Crippen LogP) is 3.77. The summed E-state index contributed by atoms with van der Waals surface area (Å²) < 4.78 is 15.5. The fraction of sp³-hybridized carbons (Fsp3) is 0.588. The molecule has 2 aliphatic carbocycles. The van der Waals surface area contributed by atoms with E-state index >= 15 is 0 Å². The van der Waals surface area contributed by atoms with Crippen molar-refractivity contribution in [1.29, 1.82) is 0 Å². The topological polar surface area (TPSA) is 37.5 Å². The van der Waals surface area contributed by atoms with E-state index in [1.165, 1.54) is 19.3 Å². The summed E-state index contributed by atoms with van der Waals surface area (Å²) in [5, 5.41) is 10.9. The molecule has 0 radical (unpaired) electrons. The van der Waals surface area contributed by atoms with Gasteiger partial charge in [-0.1, -0.05) is 19.3 Å². The normalized spacial score (nSPS) is 27.9. The van der Waals surface area contributed by atoms with Gasteiger partial charge in [-0.3, -0.25) is 0 Å². The zero-order valence-electron chi connectivity index (χ0n) is 12.1. The van der Waals surface area contributed by atoms with Crippen LogP contribution in [0.15, 0.2) is 24.8 Å².